The van der Waals surface area contributed by atoms with E-state index in [0.717, 1.165) is 0 Å². The first kappa shape index (κ1) is 8.93. The van der Waals surface area contributed by atoms with E-state index >= 15 is 0 Å². The summed E-state index contributed by atoms with van der Waals surface area (Å²) in [6.07, 6.45) is 0. The topological polar surface area (TPSA) is 29.3 Å². The van der Waals surface area contributed by atoms with Crippen molar-refractivity contribution in [1.29, 1.82) is 0 Å². The first-order chi connectivity index (χ1) is 5.61. The molecule has 0 bridgehead atoms. The Morgan fingerprint density at radius 1 is 1.58 bits per heavy atom. The van der Waals surface area contributed by atoms with E-state index in [1.807, 2.05) is 0 Å². The fourth-order valence-electron chi connectivity index (χ4n) is 0.812. The number of thiocarbonyl (C=S) groups is 1. The van der Waals surface area contributed by atoms with Crippen molar-refractivity contribution in [2.45, 2.75) is 0 Å². The third kappa shape index (κ3) is 1.92. The zero-order valence-electron chi connectivity index (χ0n) is 6.62. The summed E-state index contributed by atoms with van der Waals surface area (Å²) < 4.78 is 12.7. The molecule has 1 aromatic rings. The van der Waals surface area contributed by atoms with Crippen LogP contribution in [-0.2, 0) is 0 Å². The predicted molar refractivity (Wildman–Crippen MR) is 51.6 cm³/mol. The molecule has 0 aliphatic heterocycles. The van der Waals surface area contributed by atoms with Crippen LogP contribution in [0.2, 0.25) is 0 Å². The van der Waals surface area contributed by atoms with Crippen LogP contribution >= 0.6 is 12.2 Å². The van der Waals surface area contributed by atoms with Crippen molar-refractivity contribution in [1.82, 2.24) is 0 Å². The first-order valence-electron chi connectivity index (χ1n) is 3.40. The maximum absolute atomic E-state index is 12.7. The van der Waals surface area contributed by atoms with E-state index < -0.39 is 0 Å². The molecule has 0 aliphatic carbocycles. The molecule has 0 aromatic heterocycles. The lowest BCUT2D eigenvalue weighted by atomic mass is 10.3. The van der Waals surface area contributed by atoms with Crippen LogP contribution in [0.4, 0.5) is 10.1 Å². The van der Waals surface area contributed by atoms with Gasteiger partial charge in [-0.25, -0.2) is 4.39 Å². The molecule has 1 rings (SSSR count). The molecule has 0 saturated carbocycles. The normalized spacial score (nSPS) is 9.50. The highest BCUT2D eigenvalue weighted by atomic mass is 32.1. The van der Waals surface area contributed by atoms with Gasteiger partial charge in [-0.1, -0.05) is 6.07 Å². The standard InChI is InChI=1S/C8H9FN2S/c1-11(8(10)12)7-4-2-3-6(9)5-7/h2-5H,1H3,(H2,10,12). The summed E-state index contributed by atoms with van der Waals surface area (Å²) in [5, 5.41) is 0.223. The van der Waals surface area contributed by atoms with Crippen molar-refractivity contribution in [2.24, 2.45) is 5.73 Å². The highest BCUT2D eigenvalue weighted by Crippen LogP contribution is 2.12. The van der Waals surface area contributed by atoms with Gasteiger partial charge in [-0.15, -0.1) is 0 Å². The van der Waals surface area contributed by atoms with Gasteiger partial charge in [0.25, 0.3) is 0 Å². The lowest BCUT2D eigenvalue weighted by Crippen LogP contribution is -2.31. The molecule has 0 unspecified atom stereocenters. The van der Waals surface area contributed by atoms with E-state index in [-0.39, 0.29) is 10.9 Å². The van der Waals surface area contributed by atoms with E-state index in [9.17, 15) is 4.39 Å². The fraction of sp³-hybridized carbons (Fsp3) is 0.125. The maximum atomic E-state index is 12.7. The molecule has 1 aromatic carbocycles. The van der Waals surface area contributed by atoms with E-state index in [0.29, 0.717) is 5.69 Å². The second-order valence-corrected chi connectivity index (χ2v) is 2.80. The minimum Gasteiger partial charge on any atom is -0.376 e. The van der Waals surface area contributed by atoms with E-state index in [1.54, 1.807) is 24.1 Å². The average molecular weight is 184 g/mol. The third-order valence-corrected chi connectivity index (χ3v) is 1.80. The van der Waals surface area contributed by atoms with Crippen LogP contribution in [0.15, 0.2) is 24.3 Å². The highest BCUT2D eigenvalue weighted by molar-refractivity contribution is 7.80. The Balaban J connectivity index is 2.95. The van der Waals surface area contributed by atoms with Crippen LogP contribution in [-0.4, -0.2) is 12.2 Å². The molecule has 0 radical (unpaired) electrons. The smallest absolute Gasteiger partial charge is 0.170 e. The van der Waals surface area contributed by atoms with E-state index in [1.165, 1.54) is 12.1 Å². The van der Waals surface area contributed by atoms with Crippen molar-refractivity contribution in [3.8, 4) is 0 Å². The van der Waals surface area contributed by atoms with Gasteiger partial charge in [0.15, 0.2) is 5.11 Å². The maximum Gasteiger partial charge on any atom is 0.170 e. The fourth-order valence-corrected chi connectivity index (χ4v) is 0.917. The van der Waals surface area contributed by atoms with Crippen LogP contribution < -0.4 is 10.6 Å². The Kier molecular flexibility index (Phi) is 2.60. The van der Waals surface area contributed by atoms with Crippen LogP contribution in [0, 0.1) is 5.82 Å². The molecule has 0 atom stereocenters. The summed E-state index contributed by atoms with van der Waals surface area (Å²) in [6.45, 7) is 0. The minimum absolute atomic E-state index is 0.223. The highest BCUT2D eigenvalue weighted by Gasteiger charge is 2.02. The van der Waals surface area contributed by atoms with E-state index in [4.69, 9.17) is 18.0 Å². The van der Waals surface area contributed by atoms with Crippen molar-refractivity contribution < 1.29 is 4.39 Å². The van der Waals surface area contributed by atoms with Gasteiger partial charge in [0, 0.05) is 12.7 Å². The third-order valence-electron chi connectivity index (χ3n) is 1.53. The number of rotatable bonds is 1. The molecule has 4 heteroatoms. The van der Waals surface area contributed by atoms with Gasteiger partial charge < -0.3 is 10.6 Å². The van der Waals surface area contributed by atoms with Crippen molar-refractivity contribution in [3.05, 3.63) is 30.1 Å². The zero-order chi connectivity index (χ0) is 9.14. The Labute approximate surface area is 75.8 Å². The average Bonchev–Trinajstić information content (AvgIpc) is 2.03. The molecule has 2 nitrogen and oxygen atoms in total. The molecule has 0 saturated heterocycles. The number of anilines is 1. The summed E-state index contributed by atoms with van der Waals surface area (Å²) >= 11 is 4.72. The summed E-state index contributed by atoms with van der Waals surface area (Å²) in [7, 11) is 1.69. The lowest BCUT2D eigenvalue weighted by molar-refractivity contribution is 0.628. The molecule has 12 heavy (non-hydrogen) atoms. The monoisotopic (exact) mass is 184 g/mol. The number of halogens is 1. The number of hydrogen-bond donors (Lipinski definition) is 1. The number of hydrogen-bond acceptors (Lipinski definition) is 1. The second-order valence-electron chi connectivity index (χ2n) is 2.38. The molecular formula is C8H9FN2S. The number of nitrogens with two attached hydrogens (primary N) is 1. The van der Waals surface area contributed by atoms with Gasteiger partial charge in [0.05, 0.1) is 0 Å². The SMILES string of the molecule is CN(C(N)=S)c1cccc(F)c1. The molecule has 64 valence electrons. The molecule has 2 N–H and O–H groups in total. The Morgan fingerprint density at radius 2 is 2.25 bits per heavy atom. The zero-order valence-corrected chi connectivity index (χ0v) is 7.44. The molecule has 0 amide bonds. The van der Waals surface area contributed by atoms with Crippen molar-refractivity contribution >= 4 is 23.0 Å². The molecule has 0 spiro atoms. The molecular weight excluding hydrogens is 175 g/mol. The van der Waals surface area contributed by atoms with Crippen LogP contribution in [0.3, 0.4) is 0 Å². The van der Waals surface area contributed by atoms with Gasteiger partial charge >= 0.3 is 0 Å². The van der Waals surface area contributed by atoms with Crippen LogP contribution in [0.1, 0.15) is 0 Å². The van der Waals surface area contributed by atoms with Crippen LogP contribution in [0.5, 0.6) is 0 Å². The minimum atomic E-state index is -0.296. The first-order valence-corrected chi connectivity index (χ1v) is 3.81. The van der Waals surface area contributed by atoms with Gasteiger partial charge in [-0.3, -0.25) is 0 Å². The number of nitrogens with zero attached hydrogens (tertiary/aromatic N) is 1. The lowest BCUT2D eigenvalue weighted by Gasteiger charge is -2.16. The molecule has 0 heterocycles. The summed E-state index contributed by atoms with van der Waals surface area (Å²) in [6, 6.07) is 6.09. The Morgan fingerprint density at radius 3 is 2.75 bits per heavy atom. The predicted octanol–water partition coefficient (Wildman–Crippen LogP) is 1.51. The Hall–Kier alpha value is -1.16. The number of benzene rings is 1. The van der Waals surface area contributed by atoms with Crippen molar-refractivity contribution in [3.63, 3.8) is 0 Å². The van der Waals surface area contributed by atoms with Crippen molar-refractivity contribution in [2.75, 3.05) is 11.9 Å². The Bertz CT molecular complexity index is 301. The summed E-state index contributed by atoms with van der Waals surface area (Å²) in [4.78, 5) is 1.54. The second kappa shape index (κ2) is 3.49. The van der Waals surface area contributed by atoms with Crippen LogP contribution in [0.25, 0.3) is 0 Å². The van der Waals surface area contributed by atoms with E-state index in [2.05, 4.69) is 0 Å². The largest absolute Gasteiger partial charge is 0.376 e. The van der Waals surface area contributed by atoms with Gasteiger partial charge in [-0.05, 0) is 30.4 Å². The molecule has 0 aliphatic rings. The van der Waals surface area contributed by atoms with Gasteiger partial charge in [0.2, 0.25) is 0 Å². The quantitative estimate of drug-likeness (QED) is 0.671. The molecule has 0 fully saturated rings. The summed E-state index contributed by atoms with van der Waals surface area (Å²) in [5.74, 6) is -0.296. The van der Waals surface area contributed by atoms with Gasteiger partial charge in [-0.2, -0.15) is 0 Å². The van der Waals surface area contributed by atoms with Gasteiger partial charge in [0.1, 0.15) is 5.82 Å². The summed E-state index contributed by atoms with van der Waals surface area (Å²) in [5.41, 5.74) is 6.01.